The first-order valence-corrected chi connectivity index (χ1v) is 7.87. The first kappa shape index (κ1) is 17.8. The number of benzene rings is 2. The van der Waals surface area contributed by atoms with Crippen LogP contribution in [0.25, 0.3) is 11.0 Å². The molecular weight excluding hydrogens is 347 g/mol. The molecule has 0 bridgehead atoms. The zero-order valence-electron chi connectivity index (χ0n) is 13.8. The lowest BCUT2D eigenvalue weighted by atomic mass is 10.2. The van der Waals surface area contributed by atoms with Gasteiger partial charge >= 0.3 is 6.36 Å². The molecule has 1 atom stereocenters. The number of para-hydroxylation sites is 2. The highest BCUT2D eigenvalue weighted by Crippen LogP contribution is 2.23. The number of imidazole rings is 1. The fourth-order valence-corrected chi connectivity index (χ4v) is 2.56. The largest absolute Gasteiger partial charge is 0.573 e. The van der Waals surface area contributed by atoms with E-state index < -0.39 is 12.4 Å². The lowest BCUT2D eigenvalue weighted by Crippen LogP contribution is -2.30. The number of hydrogen-bond acceptors (Lipinski definition) is 3. The lowest BCUT2D eigenvalue weighted by Gasteiger charge is -2.15. The molecule has 5 nitrogen and oxygen atoms in total. The Balaban J connectivity index is 1.61. The van der Waals surface area contributed by atoms with Crippen LogP contribution in [0.4, 0.5) is 13.2 Å². The van der Waals surface area contributed by atoms with Crippen molar-refractivity contribution >= 4 is 16.9 Å². The summed E-state index contributed by atoms with van der Waals surface area (Å²) in [6.07, 6.45) is -3.11. The van der Waals surface area contributed by atoms with Gasteiger partial charge in [0.2, 0.25) is 5.91 Å². The summed E-state index contributed by atoms with van der Waals surface area (Å²) >= 11 is 0. The summed E-state index contributed by atoms with van der Waals surface area (Å²) in [5.74, 6) is -0.519. The Morgan fingerprint density at radius 2 is 1.88 bits per heavy atom. The van der Waals surface area contributed by atoms with Crippen LogP contribution in [-0.4, -0.2) is 21.8 Å². The molecule has 0 aliphatic rings. The van der Waals surface area contributed by atoms with Crippen molar-refractivity contribution in [1.29, 1.82) is 0 Å². The number of carbonyl (C=O) groups excluding carboxylic acids is 1. The number of nitrogens with zero attached hydrogens (tertiary/aromatic N) is 2. The second-order valence-corrected chi connectivity index (χ2v) is 5.73. The molecule has 3 aromatic rings. The number of aromatic nitrogens is 2. The minimum atomic E-state index is -4.72. The highest BCUT2D eigenvalue weighted by atomic mass is 19.4. The summed E-state index contributed by atoms with van der Waals surface area (Å²) in [4.78, 5) is 16.6. The standard InChI is InChI=1S/C18H16F3N3O2/c1-12(24-11-23-15-4-2-3-5-16(15)24)17(25)22-10-13-6-8-14(9-7-13)26-18(19,20)21/h2-9,11-12H,10H2,1H3,(H,22,25). The second kappa shape index (κ2) is 7.07. The van der Waals surface area contributed by atoms with E-state index in [1.807, 2.05) is 24.3 Å². The van der Waals surface area contributed by atoms with Crippen molar-refractivity contribution in [3.8, 4) is 5.75 Å². The predicted octanol–water partition coefficient (Wildman–Crippen LogP) is 3.81. The number of amides is 1. The molecule has 3 rings (SSSR count). The minimum absolute atomic E-state index is 0.197. The molecule has 0 saturated carbocycles. The van der Waals surface area contributed by atoms with E-state index in [9.17, 15) is 18.0 Å². The van der Waals surface area contributed by atoms with E-state index in [0.29, 0.717) is 5.56 Å². The molecule has 0 spiro atoms. The minimum Gasteiger partial charge on any atom is -0.406 e. The maximum absolute atomic E-state index is 12.4. The molecule has 1 N–H and O–H groups in total. The molecule has 1 unspecified atom stereocenters. The van der Waals surface area contributed by atoms with Crippen molar-refractivity contribution in [3.05, 3.63) is 60.4 Å². The van der Waals surface area contributed by atoms with Crippen molar-refractivity contribution in [3.63, 3.8) is 0 Å². The second-order valence-electron chi connectivity index (χ2n) is 5.73. The maximum Gasteiger partial charge on any atom is 0.573 e. The lowest BCUT2D eigenvalue weighted by molar-refractivity contribution is -0.274. The van der Waals surface area contributed by atoms with Crippen LogP contribution in [0.1, 0.15) is 18.5 Å². The van der Waals surface area contributed by atoms with Crippen LogP contribution in [0.2, 0.25) is 0 Å². The average molecular weight is 363 g/mol. The van der Waals surface area contributed by atoms with Crippen LogP contribution in [0.15, 0.2) is 54.9 Å². The van der Waals surface area contributed by atoms with Crippen molar-refractivity contribution in [1.82, 2.24) is 14.9 Å². The molecule has 2 aromatic carbocycles. The summed E-state index contributed by atoms with van der Waals surface area (Å²) in [7, 11) is 0. The Morgan fingerprint density at radius 3 is 2.58 bits per heavy atom. The summed E-state index contributed by atoms with van der Waals surface area (Å²) in [6.45, 7) is 1.95. The molecule has 136 valence electrons. The Kier molecular flexibility index (Phi) is 4.83. The van der Waals surface area contributed by atoms with E-state index in [4.69, 9.17) is 0 Å². The van der Waals surface area contributed by atoms with E-state index in [1.165, 1.54) is 24.3 Å². The first-order valence-electron chi connectivity index (χ1n) is 7.87. The van der Waals surface area contributed by atoms with Crippen molar-refractivity contribution in [2.45, 2.75) is 25.9 Å². The van der Waals surface area contributed by atoms with Gasteiger partial charge in [0.15, 0.2) is 0 Å². The quantitative estimate of drug-likeness (QED) is 0.750. The molecule has 0 aliphatic carbocycles. The topological polar surface area (TPSA) is 56.1 Å². The Hall–Kier alpha value is -3.03. The van der Waals surface area contributed by atoms with Crippen LogP contribution >= 0.6 is 0 Å². The molecule has 0 saturated heterocycles. The highest BCUT2D eigenvalue weighted by Gasteiger charge is 2.30. The fourth-order valence-electron chi connectivity index (χ4n) is 2.56. The number of fused-ring (bicyclic) bond motifs is 1. The van der Waals surface area contributed by atoms with Gasteiger partial charge in [0, 0.05) is 6.54 Å². The van der Waals surface area contributed by atoms with Crippen molar-refractivity contribution < 1.29 is 22.7 Å². The molecular formula is C18H16F3N3O2. The van der Waals surface area contributed by atoms with Gasteiger partial charge in [-0.3, -0.25) is 4.79 Å². The number of ether oxygens (including phenoxy) is 1. The van der Waals surface area contributed by atoms with E-state index in [1.54, 1.807) is 17.8 Å². The van der Waals surface area contributed by atoms with E-state index >= 15 is 0 Å². The number of nitrogens with one attached hydrogen (secondary N) is 1. The zero-order valence-corrected chi connectivity index (χ0v) is 13.8. The SMILES string of the molecule is CC(C(=O)NCc1ccc(OC(F)(F)F)cc1)n1cnc2ccccc21. The van der Waals surface area contributed by atoms with Gasteiger partial charge in [0.25, 0.3) is 0 Å². The van der Waals surface area contributed by atoms with Crippen LogP contribution in [-0.2, 0) is 11.3 Å². The number of carbonyl (C=O) groups is 1. The monoisotopic (exact) mass is 363 g/mol. The summed E-state index contributed by atoms with van der Waals surface area (Å²) in [5, 5.41) is 2.77. The predicted molar refractivity (Wildman–Crippen MR) is 89.4 cm³/mol. The molecule has 26 heavy (non-hydrogen) atoms. The first-order chi connectivity index (χ1) is 12.3. The highest BCUT2D eigenvalue weighted by molar-refractivity contribution is 5.83. The fraction of sp³-hybridized carbons (Fsp3) is 0.222. The van der Waals surface area contributed by atoms with Gasteiger partial charge in [-0.25, -0.2) is 4.98 Å². The Bertz CT molecular complexity index is 904. The van der Waals surface area contributed by atoms with Gasteiger partial charge in [0.05, 0.1) is 17.4 Å². The van der Waals surface area contributed by atoms with Crippen molar-refractivity contribution in [2.75, 3.05) is 0 Å². The molecule has 0 radical (unpaired) electrons. The summed E-state index contributed by atoms with van der Waals surface area (Å²) in [5.41, 5.74) is 2.31. The van der Waals surface area contributed by atoms with Gasteiger partial charge in [-0.1, -0.05) is 24.3 Å². The van der Waals surface area contributed by atoms with Gasteiger partial charge in [-0.2, -0.15) is 0 Å². The normalized spacial score (nSPS) is 12.8. The third kappa shape index (κ3) is 4.14. The molecule has 0 aliphatic heterocycles. The van der Waals surface area contributed by atoms with Crippen LogP contribution in [0, 0.1) is 0 Å². The van der Waals surface area contributed by atoms with E-state index in [-0.39, 0.29) is 18.2 Å². The Labute approximate surface area is 147 Å². The van der Waals surface area contributed by atoms with Gasteiger partial charge in [-0.15, -0.1) is 13.2 Å². The number of alkyl halides is 3. The van der Waals surface area contributed by atoms with Crippen LogP contribution in [0.3, 0.4) is 0 Å². The third-order valence-electron chi connectivity index (χ3n) is 3.90. The van der Waals surface area contributed by atoms with E-state index in [2.05, 4.69) is 15.0 Å². The smallest absolute Gasteiger partial charge is 0.406 e. The average Bonchev–Trinajstić information content (AvgIpc) is 3.03. The maximum atomic E-state index is 12.4. The van der Waals surface area contributed by atoms with Gasteiger partial charge < -0.3 is 14.6 Å². The summed E-state index contributed by atoms with van der Waals surface area (Å²) < 4.78 is 42.0. The summed E-state index contributed by atoms with van der Waals surface area (Å²) in [6, 6.07) is 12.4. The molecule has 1 amide bonds. The molecule has 8 heteroatoms. The molecule has 1 aromatic heterocycles. The molecule has 1 heterocycles. The van der Waals surface area contributed by atoms with Crippen molar-refractivity contribution in [2.24, 2.45) is 0 Å². The van der Waals surface area contributed by atoms with Crippen LogP contribution in [0.5, 0.6) is 5.75 Å². The van der Waals surface area contributed by atoms with E-state index in [0.717, 1.165) is 11.0 Å². The van der Waals surface area contributed by atoms with Crippen LogP contribution < -0.4 is 10.1 Å². The molecule has 0 fully saturated rings. The Morgan fingerprint density at radius 1 is 1.19 bits per heavy atom. The number of hydrogen-bond donors (Lipinski definition) is 1. The van der Waals surface area contributed by atoms with Gasteiger partial charge in [-0.05, 0) is 36.8 Å². The third-order valence-corrected chi connectivity index (χ3v) is 3.90. The zero-order chi connectivity index (χ0) is 18.7. The number of rotatable bonds is 5. The number of halogens is 3. The van der Waals surface area contributed by atoms with Gasteiger partial charge in [0.1, 0.15) is 11.8 Å².